The van der Waals surface area contributed by atoms with E-state index in [0.717, 1.165) is 10.9 Å². The molecule has 0 spiro atoms. The van der Waals surface area contributed by atoms with Crippen molar-refractivity contribution >= 4 is 38.4 Å². The molecule has 1 aliphatic rings. The van der Waals surface area contributed by atoms with Gasteiger partial charge in [-0.25, -0.2) is 0 Å². The highest BCUT2D eigenvalue weighted by Gasteiger charge is 2.30. The Kier molecular flexibility index (Phi) is 2.48. The van der Waals surface area contributed by atoms with Crippen molar-refractivity contribution in [1.82, 2.24) is 4.57 Å². The maximum absolute atomic E-state index is 12.2. The van der Waals surface area contributed by atoms with E-state index < -0.39 is 0 Å². The Labute approximate surface area is 112 Å². The van der Waals surface area contributed by atoms with Crippen LogP contribution in [0, 0.1) is 0 Å². The number of hydrogen-bond acceptors (Lipinski definition) is 2. The van der Waals surface area contributed by atoms with E-state index >= 15 is 0 Å². The topological polar surface area (TPSA) is 39.1 Å². The minimum absolute atomic E-state index is 0.111. The van der Waals surface area contributed by atoms with Crippen molar-refractivity contribution in [3.8, 4) is 0 Å². The molecule has 4 heteroatoms. The first-order chi connectivity index (χ1) is 8.65. The molecule has 0 saturated carbocycles. The van der Waals surface area contributed by atoms with Crippen LogP contribution in [-0.2, 0) is 6.54 Å². The van der Waals surface area contributed by atoms with E-state index in [0.29, 0.717) is 22.3 Å². The zero-order valence-electron chi connectivity index (χ0n) is 9.74. The van der Waals surface area contributed by atoms with Crippen LogP contribution in [0.2, 0.25) is 0 Å². The van der Waals surface area contributed by atoms with Gasteiger partial charge in [0.25, 0.3) is 0 Å². The highest BCUT2D eigenvalue weighted by atomic mass is 79.9. The molecule has 0 saturated heterocycles. The summed E-state index contributed by atoms with van der Waals surface area (Å²) >= 11 is 3.16. The Hall–Kier alpha value is -1.68. The summed E-state index contributed by atoms with van der Waals surface area (Å²) in [4.78, 5) is 24.3. The van der Waals surface area contributed by atoms with Crippen LogP contribution in [0.5, 0.6) is 0 Å². The molecular formula is C14H10BrNO2. The molecular weight excluding hydrogens is 294 g/mol. The van der Waals surface area contributed by atoms with Gasteiger partial charge in [-0.1, -0.05) is 18.2 Å². The summed E-state index contributed by atoms with van der Waals surface area (Å²) in [6.45, 7) is 2.63. The molecule has 0 fully saturated rings. The highest BCUT2D eigenvalue weighted by Crippen LogP contribution is 2.33. The molecule has 0 aliphatic heterocycles. The summed E-state index contributed by atoms with van der Waals surface area (Å²) in [5.74, 6) is -0.234. The molecule has 1 aliphatic carbocycles. The van der Waals surface area contributed by atoms with Crippen molar-refractivity contribution in [2.45, 2.75) is 13.5 Å². The van der Waals surface area contributed by atoms with Crippen molar-refractivity contribution in [1.29, 1.82) is 0 Å². The number of rotatable bonds is 1. The van der Waals surface area contributed by atoms with Crippen LogP contribution >= 0.6 is 15.9 Å². The minimum Gasteiger partial charge on any atom is -0.337 e. The van der Waals surface area contributed by atoms with Crippen LogP contribution in [0.3, 0.4) is 0 Å². The van der Waals surface area contributed by atoms with Crippen LogP contribution in [0.1, 0.15) is 27.8 Å². The maximum atomic E-state index is 12.2. The lowest BCUT2D eigenvalue weighted by Crippen LogP contribution is -2.17. The van der Waals surface area contributed by atoms with Crippen LogP contribution < -0.4 is 0 Å². The quantitative estimate of drug-likeness (QED) is 0.810. The lowest BCUT2D eigenvalue weighted by molar-refractivity contribution is 0.0987. The number of aromatic nitrogens is 1. The number of benzene rings is 1. The van der Waals surface area contributed by atoms with E-state index in [9.17, 15) is 9.59 Å². The monoisotopic (exact) mass is 303 g/mol. The normalized spacial score (nSPS) is 14.9. The smallest absolute Gasteiger partial charge is 0.217 e. The zero-order chi connectivity index (χ0) is 12.9. The molecule has 3 rings (SSSR count). The van der Waals surface area contributed by atoms with E-state index in [-0.39, 0.29) is 11.6 Å². The molecule has 1 aromatic carbocycles. The molecule has 0 atom stereocenters. The number of allylic oxidation sites excluding steroid dienone is 2. The molecule has 90 valence electrons. The summed E-state index contributed by atoms with van der Waals surface area (Å²) in [6, 6.07) is 7.62. The van der Waals surface area contributed by atoms with Crippen LogP contribution in [0.4, 0.5) is 0 Å². The summed E-state index contributed by atoms with van der Waals surface area (Å²) in [5.41, 5.74) is 1.96. The molecule has 1 aromatic heterocycles. The summed E-state index contributed by atoms with van der Waals surface area (Å²) in [5, 5.41) is 0.851. The van der Waals surface area contributed by atoms with Gasteiger partial charge in [-0.3, -0.25) is 9.59 Å². The lowest BCUT2D eigenvalue weighted by atomic mass is 9.99. The van der Waals surface area contributed by atoms with Crippen molar-refractivity contribution in [3.05, 3.63) is 46.1 Å². The van der Waals surface area contributed by atoms with Gasteiger partial charge in [-0.2, -0.15) is 0 Å². The minimum atomic E-state index is -0.123. The zero-order valence-corrected chi connectivity index (χ0v) is 11.3. The molecule has 18 heavy (non-hydrogen) atoms. The van der Waals surface area contributed by atoms with E-state index in [1.165, 1.54) is 6.08 Å². The number of ketones is 2. The standard InChI is InChI=1S/C14H10BrNO2/c1-2-16-10-6-4-3-5-8(10)12-11(17)7-9(15)14(18)13(12)16/h3-7H,2H2,1H3. The number of hydrogen-bond donors (Lipinski definition) is 0. The fourth-order valence-electron chi connectivity index (χ4n) is 2.48. The van der Waals surface area contributed by atoms with E-state index in [1.54, 1.807) is 0 Å². The Morgan fingerprint density at radius 2 is 1.94 bits per heavy atom. The van der Waals surface area contributed by atoms with Gasteiger partial charge >= 0.3 is 0 Å². The Balaban J connectivity index is 2.49. The number of halogens is 1. The van der Waals surface area contributed by atoms with Gasteiger partial charge in [0.1, 0.15) is 5.69 Å². The fourth-order valence-corrected chi connectivity index (χ4v) is 2.88. The first-order valence-corrected chi connectivity index (χ1v) is 6.52. The van der Waals surface area contributed by atoms with Crippen molar-refractivity contribution in [2.24, 2.45) is 0 Å². The largest absolute Gasteiger partial charge is 0.337 e. The number of aryl methyl sites for hydroxylation is 1. The number of para-hydroxylation sites is 1. The molecule has 0 unspecified atom stereocenters. The third kappa shape index (κ3) is 1.35. The summed E-state index contributed by atoms with van der Waals surface area (Å²) in [6.07, 6.45) is 1.36. The number of Topliss-reactive ketones (excluding diaryl/α,β-unsaturated/α-hetero) is 1. The number of carbonyl (C=O) groups excluding carboxylic acids is 2. The van der Waals surface area contributed by atoms with Crippen LogP contribution in [0.15, 0.2) is 34.8 Å². The second-order valence-electron chi connectivity index (χ2n) is 4.17. The van der Waals surface area contributed by atoms with Gasteiger partial charge in [0.15, 0.2) is 5.78 Å². The van der Waals surface area contributed by atoms with Gasteiger partial charge in [0, 0.05) is 23.5 Å². The van der Waals surface area contributed by atoms with Crippen LogP contribution in [-0.4, -0.2) is 16.1 Å². The molecule has 0 radical (unpaired) electrons. The number of carbonyl (C=O) groups is 2. The van der Waals surface area contributed by atoms with E-state index in [1.807, 2.05) is 35.8 Å². The highest BCUT2D eigenvalue weighted by molar-refractivity contribution is 9.12. The summed E-state index contributed by atoms with van der Waals surface area (Å²) < 4.78 is 2.23. The SMILES string of the molecule is CCn1c2c(c3ccccc31)C(=O)C=C(Br)C2=O. The average Bonchev–Trinajstić information content (AvgIpc) is 2.70. The lowest BCUT2D eigenvalue weighted by Gasteiger charge is -2.11. The second kappa shape index (κ2) is 3.92. The van der Waals surface area contributed by atoms with Gasteiger partial charge < -0.3 is 4.57 Å². The average molecular weight is 304 g/mol. The molecule has 0 amide bonds. The number of fused-ring (bicyclic) bond motifs is 3. The van der Waals surface area contributed by atoms with E-state index in [2.05, 4.69) is 15.9 Å². The molecule has 0 N–H and O–H groups in total. The van der Waals surface area contributed by atoms with E-state index in [4.69, 9.17) is 0 Å². The Morgan fingerprint density at radius 1 is 1.22 bits per heavy atom. The first kappa shape index (κ1) is 11.4. The van der Waals surface area contributed by atoms with Crippen molar-refractivity contribution < 1.29 is 9.59 Å². The molecule has 3 nitrogen and oxygen atoms in total. The van der Waals surface area contributed by atoms with Crippen LogP contribution in [0.25, 0.3) is 10.9 Å². The van der Waals surface area contributed by atoms with Gasteiger partial charge in [-0.05, 0) is 28.9 Å². The molecule has 1 heterocycles. The van der Waals surface area contributed by atoms with Gasteiger partial charge in [0.2, 0.25) is 5.78 Å². The Bertz CT molecular complexity index is 725. The predicted molar refractivity (Wildman–Crippen MR) is 73.3 cm³/mol. The summed E-state index contributed by atoms with van der Waals surface area (Å²) in [7, 11) is 0. The van der Waals surface area contributed by atoms with Crippen molar-refractivity contribution in [3.63, 3.8) is 0 Å². The third-order valence-corrected chi connectivity index (χ3v) is 3.81. The fraction of sp³-hybridized carbons (Fsp3) is 0.143. The predicted octanol–water partition coefficient (Wildman–Crippen LogP) is 3.32. The van der Waals surface area contributed by atoms with Gasteiger partial charge in [0.05, 0.1) is 10.0 Å². The third-order valence-electron chi connectivity index (χ3n) is 3.22. The maximum Gasteiger partial charge on any atom is 0.217 e. The molecule has 2 aromatic rings. The second-order valence-corrected chi connectivity index (χ2v) is 5.03. The number of nitrogens with zero attached hydrogens (tertiary/aromatic N) is 1. The van der Waals surface area contributed by atoms with Crippen molar-refractivity contribution in [2.75, 3.05) is 0 Å². The first-order valence-electron chi connectivity index (χ1n) is 5.72. The van der Waals surface area contributed by atoms with Gasteiger partial charge in [-0.15, -0.1) is 0 Å². The molecule has 0 bridgehead atoms. The Morgan fingerprint density at radius 3 is 2.67 bits per heavy atom.